The molecule has 0 atom stereocenters. The van der Waals surface area contributed by atoms with E-state index in [0.717, 1.165) is 44.3 Å². The van der Waals surface area contributed by atoms with E-state index >= 15 is 0 Å². The minimum atomic E-state index is -0.00479. The predicted octanol–water partition coefficient (Wildman–Crippen LogP) is 5.15. The second-order valence-corrected chi connectivity index (χ2v) is 8.09. The zero-order valence-corrected chi connectivity index (χ0v) is 17.3. The van der Waals surface area contributed by atoms with Gasteiger partial charge in [0, 0.05) is 35.2 Å². The molecule has 0 spiro atoms. The molecule has 5 aromatic rings. The van der Waals surface area contributed by atoms with Gasteiger partial charge < -0.3 is 10.3 Å². The topological polar surface area (TPSA) is 99.3 Å². The molecule has 0 radical (unpaired) electrons. The molecular formula is C24H22N6O. The molecule has 7 nitrogen and oxygen atoms in total. The van der Waals surface area contributed by atoms with Gasteiger partial charge in [-0.05, 0) is 41.8 Å². The van der Waals surface area contributed by atoms with Crippen LogP contribution in [0.5, 0.6) is 0 Å². The van der Waals surface area contributed by atoms with E-state index in [2.05, 4.69) is 42.6 Å². The molecule has 154 valence electrons. The number of anilines is 1. The van der Waals surface area contributed by atoms with Crippen molar-refractivity contribution < 1.29 is 4.79 Å². The Labute approximate surface area is 178 Å². The smallest absolute Gasteiger partial charge is 0.224 e. The highest BCUT2D eigenvalue weighted by molar-refractivity contribution is 5.98. The Bertz CT molecular complexity index is 1360. The van der Waals surface area contributed by atoms with Gasteiger partial charge in [-0.2, -0.15) is 5.10 Å². The van der Waals surface area contributed by atoms with E-state index in [-0.39, 0.29) is 5.91 Å². The van der Waals surface area contributed by atoms with Crippen LogP contribution in [-0.4, -0.2) is 31.1 Å². The number of carbonyl (C=O) groups excluding carboxylic acids is 1. The van der Waals surface area contributed by atoms with Crippen LogP contribution in [0.15, 0.2) is 61.2 Å². The van der Waals surface area contributed by atoms with Gasteiger partial charge in [-0.15, -0.1) is 0 Å². The Morgan fingerprint density at radius 1 is 1.00 bits per heavy atom. The number of carbonyl (C=O) groups is 1. The molecule has 7 heteroatoms. The first-order valence-electron chi connectivity index (χ1n) is 10.2. The summed E-state index contributed by atoms with van der Waals surface area (Å²) < 4.78 is 0. The molecule has 0 bridgehead atoms. The van der Waals surface area contributed by atoms with Gasteiger partial charge >= 0.3 is 0 Å². The fraction of sp³-hybridized carbons (Fsp3) is 0.167. The maximum atomic E-state index is 12.1. The molecule has 1 amide bonds. The Morgan fingerprint density at radius 2 is 1.90 bits per heavy atom. The molecule has 0 saturated carbocycles. The van der Waals surface area contributed by atoms with Gasteiger partial charge in [0.25, 0.3) is 0 Å². The quantitative estimate of drug-likeness (QED) is 0.373. The zero-order chi connectivity index (χ0) is 21.4. The largest absolute Gasteiger partial charge is 0.352 e. The summed E-state index contributed by atoms with van der Waals surface area (Å²) in [6, 6.07) is 12.1. The van der Waals surface area contributed by atoms with Crippen molar-refractivity contribution in [2.75, 3.05) is 5.32 Å². The molecule has 0 aliphatic carbocycles. The van der Waals surface area contributed by atoms with E-state index in [1.54, 1.807) is 18.6 Å². The first kappa shape index (κ1) is 19.0. The van der Waals surface area contributed by atoms with Crippen molar-refractivity contribution in [3.05, 3.63) is 61.2 Å². The number of hydrogen-bond acceptors (Lipinski definition) is 4. The summed E-state index contributed by atoms with van der Waals surface area (Å²) in [7, 11) is 0. The van der Waals surface area contributed by atoms with E-state index < -0.39 is 0 Å². The van der Waals surface area contributed by atoms with Crippen molar-refractivity contribution in [1.82, 2.24) is 25.1 Å². The first-order valence-corrected chi connectivity index (χ1v) is 10.2. The molecule has 5 rings (SSSR count). The summed E-state index contributed by atoms with van der Waals surface area (Å²) in [5, 5.41) is 12.7. The number of amides is 1. The second-order valence-electron chi connectivity index (χ2n) is 8.09. The maximum Gasteiger partial charge on any atom is 0.224 e. The van der Waals surface area contributed by atoms with Crippen molar-refractivity contribution in [2.24, 2.45) is 5.92 Å². The number of nitrogens with one attached hydrogen (secondary N) is 3. The van der Waals surface area contributed by atoms with Crippen LogP contribution in [0.4, 0.5) is 5.69 Å². The molecule has 31 heavy (non-hydrogen) atoms. The summed E-state index contributed by atoms with van der Waals surface area (Å²) in [6.45, 7) is 4.05. The maximum absolute atomic E-state index is 12.1. The van der Waals surface area contributed by atoms with Gasteiger partial charge in [0.1, 0.15) is 5.69 Å². The lowest BCUT2D eigenvalue weighted by atomic mass is 10.0. The van der Waals surface area contributed by atoms with Crippen LogP contribution in [0.1, 0.15) is 20.3 Å². The number of pyridine rings is 2. The highest BCUT2D eigenvalue weighted by Crippen LogP contribution is 2.32. The van der Waals surface area contributed by atoms with Gasteiger partial charge in [-0.25, -0.2) is 0 Å². The molecule has 0 saturated heterocycles. The Hall–Kier alpha value is -4.00. The molecule has 1 aromatic carbocycles. The number of benzene rings is 1. The van der Waals surface area contributed by atoms with Crippen molar-refractivity contribution in [2.45, 2.75) is 20.3 Å². The third kappa shape index (κ3) is 3.77. The molecule has 0 unspecified atom stereocenters. The minimum Gasteiger partial charge on any atom is -0.352 e. The first-order chi connectivity index (χ1) is 15.1. The van der Waals surface area contributed by atoms with E-state index in [0.29, 0.717) is 18.0 Å². The van der Waals surface area contributed by atoms with Crippen LogP contribution in [0, 0.1) is 5.92 Å². The number of hydrogen-bond donors (Lipinski definition) is 3. The van der Waals surface area contributed by atoms with Crippen LogP contribution in [0.25, 0.3) is 44.3 Å². The summed E-state index contributed by atoms with van der Waals surface area (Å²) in [4.78, 5) is 24.0. The molecule has 3 N–H and O–H groups in total. The van der Waals surface area contributed by atoms with Gasteiger partial charge in [-0.1, -0.05) is 19.9 Å². The standard InChI is InChI=1S/C24H22N6O/c1-14(2)7-23(31)27-18-8-17(11-26-12-18)15-3-4-20-19(9-15)24(30-29-20)21-10-16-5-6-25-13-22(16)28-21/h3-6,8-14,28H,7H2,1-2H3,(H,27,31)(H,29,30). The van der Waals surface area contributed by atoms with E-state index in [1.807, 2.05) is 44.3 Å². The number of H-pyrrole nitrogens is 2. The lowest BCUT2D eigenvalue weighted by Crippen LogP contribution is -2.13. The number of nitrogens with zero attached hydrogens (tertiary/aromatic N) is 3. The molecular weight excluding hydrogens is 388 g/mol. The molecule has 0 aliphatic rings. The molecule has 4 aromatic heterocycles. The SMILES string of the molecule is CC(C)CC(=O)Nc1cncc(-c2ccc3[nH]nc(-c4cc5ccncc5[nH]4)c3c2)c1. The minimum absolute atomic E-state index is 0.00479. The Kier molecular flexibility index (Phi) is 4.71. The predicted molar refractivity (Wildman–Crippen MR) is 122 cm³/mol. The van der Waals surface area contributed by atoms with Gasteiger partial charge in [0.2, 0.25) is 5.91 Å². The van der Waals surface area contributed by atoms with Crippen molar-refractivity contribution >= 4 is 33.4 Å². The summed E-state index contributed by atoms with van der Waals surface area (Å²) >= 11 is 0. The summed E-state index contributed by atoms with van der Waals surface area (Å²) in [5.41, 5.74) is 6.32. The van der Waals surface area contributed by atoms with Crippen molar-refractivity contribution in [3.8, 4) is 22.5 Å². The van der Waals surface area contributed by atoms with Crippen LogP contribution < -0.4 is 5.32 Å². The van der Waals surface area contributed by atoms with Gasteiger partial charge in [0.05, 0.1) is 34.8 Å². The lowest BCUT2D eigenvalue weighted by Gasteiger charge is -2.09. The number of rotatable bonds is 5. The summed E-state index contributed by atoms with van der Waals surface area (Å²) in [5.74, 6) is 0.299. The second kappa shape index (κ2) is 7.68. The van der Waals surface area contributed by atoms with Crippen molar-refractivity contribution in [1.29, 1.82) is 0 Å². The van der Waals surface area contributed by atoms with Crippen LogP contribution in [0.2, 0.25) is 0 Å². The highest BCUT2D eigenvalue weighted by Gasteiger charge is 2.13. The fourth-order valence-corrected chi connectivity index (χ4v) is 3.75. The van der Waals surface area contributed by atoms with Crippen LogP contribution >= 0.6 is 0 Å². The number of aromatic amines is 2. The number of fused-ring (bicyclic) bond motifs is 2. The van der Waals surface area contributed by atoms with Crippen LogP contribution in [0.3, 0.4) is 0 Å². The van der Waals surface area contributed by atoms with Crippen molar-refractivity contribution in [3.63, 3.8) is 0 Å². The highest BCUT2D eigenvalue weighted by atomic mass is 16.1. The third-order valence-electron chi connectivity index (χ3n) is 5.19. The molecule has 0 fully saturated rings. The van der Waals surface area contributed by atoms with E-state index in [9.17, 15) is 4.79 Å². The zero-order valence-electron chi connectivity index (χ0n) is 17.3. The van der Waals surface area contributed by atoms with Gasteiger partial charge in [0.15, 0.2) is 0 Å². The molecule has 4 heterocycles. The van der Waals surface area contributed by atoms with Crippen LogP contribution in [-0.2, 0) is 4.79 Å². The molecule has 0 aliphatic heterocycles. The lowest BCUT2D eigenvalue weighted by molar-refractivity contribution is -0.116. The third-order valence-corrected chi connectivity index (χ3v) is 5.19. The summed E-state index contributed by atoms with van der Waals surface area (Å²) in [6.07, 6.45) is 7.54. The Morgan fingerprint density at radius 3 is 2.74 bits per heavy atom. The Balaban J connectivity index is 1.51. The average Bonchev–Trinajstić information content (AvgIpc) is 3.36. The monoisotopic (exact) mass is 410 g/mol. The normalized spacial score (nSPS) is 11.5. The van der Waals surface area contributed by atoms with E-state index in [1.165, 1.54) is 0 Å². The average molecular weight is 410 g/mol. The van der Waals surface area contributed by atoms with E-state index in [4.69, 9.17) is 0 Å². The fourth-order valence-electron chi connectivity index (χ4n) is 3.75. The van der Waals surface area contributed by atoms with Gasteiger partial charge in [-0.3, -0.25) is 19.9 Å². The number of aromatic nitrogens is 5.